The molecule has 0 aromatic heterocycles. The van der Waals surface area contributed by atoms with E-state index in [9.17, 15) is 14.4 Å². The van der Waals surface area contributed by atoms with Gasteiger partial charge in [-0.2, -0.15) is 0 Å². The zero-order valence-corrected chi connectivity index (χ0v) is 29.5. The molecule has 2 aromatic rings. The lowest BCUT2D eigenvalue weighted by molar-refractivity contribution is -0.143. The predicted molar refractivity (Wildman–Crippen MR) is 191 cm³/mol. The standard InChI is InChI=1S/C39H56N6O3/c1-4-30-11-10-29(26-31(30)5-2)27-33(38(47)44-24-22-42(23-25-44)34-13-17-41(3)18-14-34)28-37(46)43-19-15-35(16-20-43)45-21-12-32-8-6-7-9-36(32)40-39(45)48/h6-11,26,33-35H,4-5,12-25,27-28H2,1-3H3,(H,40,48). The van der Waals surface area contributed by atoms with Crippen molar-refractivity contribution in [2.45, 2.75) is 83.7 Å². The second-order valence-electron chi connectivity index (χ2n) is 14.5. The highest BCUT2D eigenvalue weighted by molar-refractivity contribution is 5.91. The Morgan fingerprint density at radius 1 is 0.792 bits per heavy atom. The van der Waals surface area contributed by atoms with Crippen molar-refractivity contribution in [3.63, 3.8) is 0 Å². The average molecular weight is 657 g/mol. The molecule has 0 spiro atoms. The van der Waals surface area contributed by atoms with Crippen LogP contribution in [0.4, 0.5) is 10.5 Å². The number of rotatable bonds is 9. The van der Waals surface area contributed by atoms with E-state index in [1.54, 1.807) is 0 Å². The van der Waals surface area contributed by atoms with Crippen molar-refractivity contribution >= 4 is 23.5 Å². The van der Waals surface area contributed by atoms with E-state index in [-0.39, 0.29) is 36.2 Å². The molecule has 0 saturated carbocycles. The van der Waals surface area contributed by atoms with Crippen molar-refractivity contribution in [1.29, 1.82) is 0 Å². The van der Waals surface area contributed by atoms with Gasteiger partial charge in [0, 0.05) is 70.0 Å². The van der Waals surface area contributed by atoms with Gasteiger partial charge in [-0.3, -0.25) is 14.5 Å². The Balaban J connectivity index is 1.09. The number of piperidine rings is 2. The van der Waals surface area contributed by atoms with Crippen LogP contribution < -0.4 is 5.32 Å². The summed E-state index contributed by atoms with van der Waals surface area (Å²) in [7, 11) is 2.20. The molecule has 3 saturated heterocycles. The zero-order chi connectivity index (χ0) is 33.6. The van der Waals surface area contributed by atoms with Gasteiger partial charge in [0.05, 0.1) is 5.92 Å². The van der Waals surface area contributed by atoms with Crippen LogP contribution in [-0.4, -0.2) is 120 Å². The highest BCUT2D eigenvalue weighted by Gasteiger charge is 2.35. The number of nitrogens with one attached hydrogen (secondary N) is 1. The predicted octanol–water partition coefficient (Wildman–Crippen LogP) is 4.68. The Hall–Kier alpha value is -3.43. The first-order chi connectivity index (χ1) is 23.3. The first-order valence-corrected chi connectivity index (χ1v) is 18.6. The summed E-state index contributed by atoms with van der Waals surface area (Å²) in [6, 6.07) is 15.3. The van der Waals surface area contributed by atoms with Crippen molar-refractivity contribution in [3.8, 4) is 0 Å². The number of urea groups is 1. The Morgan fingerprint density at radius 2 is 1.48 bits per heavy atom. The summed E-state index contributed by atoms with van der Waals surface area (Å²) in [5, 5.41) is 3.09. The first-order valence-electron chi connectivity index (χ1n) is 18.6. The maximum Gasteiger partial charge on any atom is 0.322 e. The van der Waals surface area contributed by atoms with Crippen molar-refractivity contribution in [1.82, 2.24) is 24.5 Å². The summed E-state index contributed by atoms with van der Waals surface area (Å²) in [5.41, 5.74) is 5.89. The van der Waals surface area contributed by atoms with Crippen LogP contribution in [0.15, 0.2) is 42.5 Å². The third-order valence-electron chi connectivity index (χ3n) is 11.5. The summed E-state index contributed by atoms with van der Waals surface area (Å²) in [5.74, 6) is -0.192. The van der Waals surface area contributed by atoms with Crippen LogP contribution in [0.5, 0.6) is 0 Å². The lowest BCUT2D eigenvalue weighted by Gasteiger charge is -2.43. The first kappa shape index (κ1) is 34.4. The number of carbonyl (C=O) groups is 3. The fraction of sp³-hybridized carbons (Fsp3) is 0.615. The van der Waals surface area contributed by atoms with Crippen LogP contribution in [0.3, 0.4) is 0 Å². The van der Waals surface area contributed by atoms with Crippen molar-refractivity contribution in [3.05, 3.63) is 64.7 Å². The number of aryl methyl sites for hydroxylation is 2. The van der Waals surface area contributed by atoms with Crippen LogP contribution in [0, 0.1) is 5.92 Å². The number of benzene rings is 2. The van der Waals surface area contributed by atoms with Crippen LogP contribution in [0.2, 0.25) is 0 Å². The van der Waals surface area contributed by atoms with Gasteiger partial charge in [0.25, 0.3) is 0 Å². The topological polar surface area (TPSA) is 79.4 Å². The molecule has 1 N–H and O–H groups in total. The quantitative estimate of drug-likeness (QED) is 0.424. The van der Waals surface area contributed by atoms with E-state index in [0.717, 1.165) is 88.2 Å². The molecule has 2 aromatic carbocycles. The second-order valence-corrected chi connectivity index (χ2v) is 14.5. The molecule has 0 bridgehead atoms. The molecule has 4 heterocycles. The van der Waals surface area contributed by atoms with Crippen LogP contribution >= 0.6 is 0 Å². The molecule has 260 valence electrons. The normalized spacial score (nSPS) is 21.1. The van der Waals surface area contributed by atoms with Gasteiger partial charge >= 0.3 is 6.03 Å². The second kappa shape index (κ2) is 15.9. The molecule has 1 unspecified atom stereocenters. The number of likely N-dealkylation sites (tertiary alicyclic amines) is 2. The highest BCUT2D eigenvalue weighted by atomic mass is 16.2. The Bertz CT molecular complexity index is 1420. The molecule has 0 radical (unpaired) electrons. The fourth-order valence-corrected chi connectivity index (χ4v) is 8.44. The van der Waals surface area contributed by atoms with E-state index < -0.39 is 0 Å². The molecule has 48 heavy (non-hydrogen) atoms. The van der Waals surface area contributed by atoms with Crippen LogP contribution in [-0.2, 0) is 35.3 Å². The molecule has 9 heteroatoms. The van der Waals surface area contributed by atoms with Gasteiger partial charge in [-0.15, -0.1) is 0 Å². The highest BCUT2D eigenvalue weighted by Crippen LogP contribution is 2.27. The molecule has 4 aliphatic rings. The number of nitrogens with zero attached hydrogens (tertiary/aromatic N) is 5. The lowest BCUT2D eigenvalue weighted by Crippen LogP contribution is -2.55. The SMILES string of the molecule is CCc1ccc(CC(CC(=O)N2CCC(N3CCc4ccccc4NC3=O)CC2)C(=O)N2CCN(C3CCN(C)CC3)CC2)cc1CC. The molecule has 6 rings (SSSR count). The third-order valence-corrected chi connectivity index (χ3v) is 11.5. The Kier molecular flexibility index (Phi) is 11.4. The number of piperazine rings is 1. The lowest BCUT2D eigenvalue weighted by atomic mass is 9.90. The smallest absolute Gasteiger partial charge is 0.322 e. The number of hydrogen-bond donors (Lipinski definition) is 1. The molecular weight excluding hydrogens is 600 g/mol. The van der Waals surface area contributed by atoms with E-state index in [2.05, 4.69) is 60.3 Å². The third kappa shape index (κ3) is 8.05. The van der Waals surface area contributed by atoms with E-state index in [0.29, 0.717) is 32.1 Å². The van der Waals surface area contributed by atoms with Crippen LogP contribution in [0.25, 0.3) is 0 Å². The Labute approximate surface area is 287 Å². The van der Waals surface area contributed by atoms with E-state index in [4.69, 9.17) is 0 Å². The molecular formula is C39H56N6O3. The maximum atomic E-state index is 14.2. The van der Waals surface area contributed by atoms with Gasteiger partial charge in [-0.25, -0.2) is 4.79 Å². The van der Waals surface area contributed by atoms with E-state index >= 15 is 0 Å². The fourth-order valence-electron chi connectivity index (χ4n) is 8.44. The number of amides is 4. The molecule has 4 aliphatic heterocycles. The van der Waals surface area contributed by atoms with Gasteiger partial charge in [-0.1, -0.05) is 50.2 Å². The molecule has 3 fully saturated rings. The van der Waals surface area contributed by atoms with Crippen molar-refractivity contribution < 1.29 is 14.4 Å². The zero-order valence-electron chi connectivity index (χ0n) is 29.5. The summed E-state index contributed by atoms with van der Waals surface area (Å²) in [6.07, 6.45) is 7.50. The van der Waals surface area contributed by atoms with Gasteiger partial charge in [0.2, 0.25) is 11.8 Å². The van der Waals surface area contributed by atoms with Gasteiger partial charge in [-0.05, 0) is 99.8 Å². The number of anilines is 1. The summed E-state index contributed by atoms with van der Waals surface area (Å²) in [4.78, 5) is 52.2. The van der Waals surface area contributed by atoms with Crippen molar-refractivity contribution in [2.75, 3.05) is 71.3 Å². The largest absolute Gasteiger partial charge is 0.343 e. The number of fused-ring (bicyclic) bond motifs is 1. The summed E-state index contributed by atoms with van der Waals surface area (Å²) >= 11 is 0. The summed E-state index contributed by atoms with van der Waals surface area (Å²) in [6.45, 7) is 11.8. The minimum Gasteiger partial charge on any atom is -0.343 e. The van der Waals surface area contributed by atoms with Gasteiger partial charge in [0.1, 0.15) is 0 Å². The van der Waals surface area contributed by atoms with E-state index in [1.807, 2.05) is 32.9 Å². The van der Waals surface area contributed by atoms with Gasteiger partial charge in [0.15, 0.2) is 0 Å². The molecule has 4 amide bonds. The number of para-hydroxylation sites is 1. The Morgan fingerprint density at radius 3 is 2.19 bits per heavy atom. The molecule has 1 atom stereocenters. The van der Waals surface area contributed by atoms with Gasteiger partial charge < -0.3 is 24.9 Å². The maximum absolute atomic E-state index is 14.2. The monoisotopic (exact) mass is 656 g/mol. The minimum absolute atomic E-state index is 0.0492. The molecule has 9 nitrogen and oxygen atoms in total. The average Bonchev–Trinajstić information content (AvgIpc) is 3.29. The minimum atomic E-state index is -0.378. The molecule has 0 aliphatic carbocycles. The number of hydrogen-bond acceptors (Lipinski definition) is 5. The van der Waals surface area contributed by atoms with E-state index in [1.165, 1.54) is 24.0 Å². The number of carbonyl (C=O) groups excluding carboxylic acids is 3. The van der Waals surface area contributed by atoms with Crippen LogP contribution in [0.1, 0.15) is 68.2 Å². The summed E-state index contributed by atoms with van der Waals surface area (Å²) < 4.78 is 0. The van der Waals surface area contributed by atoms with Crippen molar-refractivity contribution in [2.24, 2.45) is 5.92 Å².